The van der Waals surface area contributed by atoms with Crippen LogP contribution in [0.4, 0.5) is 5.69 Å². The number of carbonyl (C=O) groups excluding carboxylic acids is 2. The first kappa shape index (κ1) is 12.8. The number of hydrogen-bond acceptors (Lipinski definition) is 2. The van der Waals surface area contributed by atoms with E-state index >= 15 is 0 Å². The van der Waals surface area contributed by atoms with E-state index in [1.54, 1.807) is 18.2 Å². The minimum Gasteiger partial charge on any atom is -0.342 e. The average Bonchev–Trinajstić information content (AvgIpc) is 3.14. The van der Waals surface area contributed by atoms with Gasteiger partial charge in [0.25, 0.3) is 0 Å². The Labute approximate surface area is 120 Å². The SMILES string of the molecule is O=C1CN(c2cc(Cl)cc(Cl)c2)C(=O)C(C2CC2)N1. The van der Waals surface area contributed by atoms with Crippen LogP contribution in [0.1, 0.15) is 12.8 Å². The first-order chi connectivity index (χ1) is 9.04. The van der Waals surface area contributed by atoms with Gasteiger partial charge in [0, 0.05) is 15.7 Å². The number of amides is 2. The quantitative estimate of drug-likeness (QED) is 0.910. The minimum atomic E-state index is -0.404. The van der Waals surface area contributed by atoms with Gasteiger partial charge in [0.1, 0.15) is 12.6 Å². The highest BCUT2D eigenvalue weighted by Crippen LogP contribution is 2.35. The van der Waals surface area contributed by atoms with Crippen molar-refractivity contribution in [3.05, 3.63) is 28.2 Å². The van der Waals surface area contributed by atoms with Crippen molar-refractivity contribution < 1.29 is 9.59 Å². The molecule has 0 spiro atoms. The second-order valence-corrected chi connectivity index (χ2v) is 5.81. The van der Waals surface area contributed by atoms with Gasteiger partial charge in [0.15, 0.2) is 0 Å². The lowest BCUT2D eigenvalue weighted by Gasteiger charge is -2.32. The number of piperazine rings is 1. The van der Waals surface area contributed by atoms with E-state index in [-0.39, 0.29) is 24.3 Å². The number of hydrogen-bond donors (Lipinski definition) is 1. The van der Waals surface area contributed by atoms with Crippen LogP contribution in [-0.2, 0) is 9.59 Å². The molecular formula is C13H12Cl2N2O2. The van der Waals surface area contributed by atoms with E-state index in [0.717, 1.165) is 12.8 Å². The van der Waals surface area contributed by atoms with Gasteiger partial charge in [-0.15, -0.1) is 0 Å². The van der Waals surface area contributed by atoms with E-state index in [2.05, 4.69) is 5.32 Å². The fourth-order valence-corrected chi connectivity index (χ4v) is 2.85. The lowest BCUT2D eigenvalue weighted by atomic mass is 10.1. The molecule has 1 aliphatic carbocycles. The first-order valence-electron chi connectivity index (χ1n) is 6.11. The fraction of sp³-hybridized carbons (Fsp3) is 0.385. The van der Waals surface area contributed by atoms with Crippen LogP contribution in [0.25, 0.3) is 0 Å². The van der Waals surface area contributed by atoms with Crippen LogP contribution in [0.3, 0.4) is 0 Å². The highest BCUT2D eigenvalue weighted by Gasteiger charge is 2.43. The topological polar surface area (TPSA) is 49.4 Å². The number of rotatable bonds is 2. The molecule has 1 aromatic rings. The molecular weight excluding hydrogens is 287 g/mol. The van der Waals surface area contributed by atoms with Crippen molar-refractivity contribution in [2.24, 2.45) is 5.92 Å². The lowest BCUT2D eigenvalue weighted by molar-refractivity contribution is -0.131. The van der Waals surface area contributed by atoms with Crippen LogP contribution >= 0.6 is 23.2 Å². The number of carbonyl (C=O) groups is 2. The van der Waals surface area contributed by atoms with Gasteiger partial charge in [-0.05, 0) is 37.0 Å². The third-order valence-electron chi connectivity index (χ3n) is 3.40. The number of anilines is 1. The van der Waals surface area contributed by atoms with Crippen LogP contribution in [0.15, 0.2) is 18.2 Å². The largest absolute Gasteiger partial charge is 0.342 e. The van der Waals surface area contributed by atoms with Crippen LogP contribution < -0.4 is 10.2 Å². The Hall–Kier alpha value is -1.26. The van der Waals surface area contributed by atoms with Crippen molar-refractivity contribution in [1.82, 2.24) is 5.32 Å². The first-order valence-corrected chi connectivity index (χ1v) is 6.87. The zero-order chi connectivity index (χ0) is 13.6. The van der Waals surface area contributed by atoms with E-state index in [0.29, 0.717) is 15.7 Å². The van der Waals surface area contributed by atoms with Crippen LogP contribution in [0.2, 0.25) is 10.0 Å². The third-order valence-corrected chi connectivity index (χ3v) is 3.84. The summed E-state index contributed by atoms with van der Waals surface area (Å²) in [6.07, 6.45) is 1.97. The highest BCUT2D eigenvalue weighted by molar-refractivity contribution is 6.35. The standard InChI is InChI=1S/C13H12Cl2N2O2/c14-8-3-9(15)5-10(4-8)17-6-11(18)16-12(13(17)19)7-1-2-7/h3-5,7,12H,1-2,6H2,(H,16,18). The summed E-state index contributed by atoms with van der Waals surface area (Å²) in [6.45, 7) is 0.0126. The smallest absolute Gasteiger partial charge is 0.250 e. The Morgan fingerprint density at radius 2 is 1.74 bits per heavy atom. The number of halogens is 2. The van der Waals surface area contributed by atoms with Gasteiger partial charge >= 0.3 is 0 Å². The number of nitrogens with one attached hydrogen (secondary N) is 1. The van der Waals surface area contributed by atoms with Crippen molar-refractivity contribution >= 4 is 40.7 Å². The Balaban J connectivity index is 1.93. The second kappa shape index (κ2) is 4.69. The molecule has 100 valence electrons. The Morgan fingerprint density at radius 1 is 1.11 bits per heavy atom. The average molecular weight is 299 g/mol. The molecule has 6 heteroatoms. The van der Waals surface area contributed by atoms with Gasteiger partial charge < -0.3 is 10.2 Å². The third kappa shape index (κ3) is 2.55. The molecule has 0 bridgehead atoms. The van der Waals surface area contributed by atoms with E-state index < -0.39 is 6.04 Å². The molecule has 2 aliphatic rings. The Kier molecular flexibility index (Phi) is 3.15. The van der Waals surface area contributed by atoms with Crippen LogP contribution in [0.5, 0.6) is 0 Å². The van der Waals surface area contributed by atoms with Crippen molar-refractivity contribution in [2.45, 2.75) is 18.9 Å². The minimum absolute atomic E-state index is 0.0126. The maximum Gasteiger partial charge on any atom is 0.250 e. The predicted molar refractivity (Wildman–Crippen MR) is 73.5 cm³/mol. The molecule has 0 radical (unpaired) electrons. The highest BCUT2D eigenvalue weighted by atomic mass is 35.5. The zero-order valence-electron chi connectivity index (χ0n) is 10.0. The summed E-state index contributed by atoms with van der Waals surface area (Å²) >= 11 is 11.9. The van der Waals surface area contributed by atoms with Gasteiger partial charge in [-0.1, -0.05) is 23.2 Å². The monoisotopic (exact) mass is 298 g/mol. The summed E-state index contributed by atoms with van der Waals surface area (Å²) in [5, 5.41) is 3.66. The zero-order valence-corrected chi connectivity index (χ0v) is 11.5. The molecule has 1 heterocycles. The maximum absolute atomic E-state index is 12.4. The van der Waals surface area contributed by atoms with Crippen LogP contribution in [0, 0.1) is 5.92 Å². The summed E-state index contributed by atoms with van der Waals surface area (Å²) in [7, 11) is 0. The Morgan fingerprint density at radius 3 is 2.32 bits per heavy atom. The van der Waals surface area contributed by atoms with Gasteiger partial charge in [0.2, 0.25) is 11.8 Å². The molecule has 1 aromatic carbocycles. The van der Waals surface area contributed by atoms with Gasteiger partial charge in [-0.25, -0.2) is 0 Å². The molecule has 1 aliphatic heterocycles. The van der Waals surface area contributed by atoms with Crippen molar-refractivity contribution in [1.29, 1.82) is 0 Å². The maximum atomic E-state index is 12.4. The summed E-state index contributed by atoms with van der Waals surface area (Å²) in [5.74, 6) is 0.0435. The summed E-state index contributed by atoms with van der Waals surface area (Å²) in [5.41, 5.74) is 0.572. The van der Waals surface area contributed by atoms with E-state index in [1.807, 2.05) is 0 Å². The molecule has 3 rings (SSSR count). The van der Waals surface area contributed by atoms with Gasteiger partial charge in [0.05, 0.1) is 0 Å². The normalized spacial score (nSPS) is 23.5. The molecule has 2 amide bonds. The summed E-state index contributed by atoms with van der Waals surface area (Å²) in [4.78, 5) is 25.6. The summed E-state index contributed by atoms with van der Waals surface area (Å²) < 4.78 is 0. The molecule has 2 fully saturated rings. The predicted octanol–water partition coefficient (Wildman–Crippen LogP) is 2.23. The molecule has 1 unspecified atom stereocenters. The second-order valence-electron chi connectivity index (χ2n) is 4.93. The molecule has 1 saturated heterocycles. The van der Waals surface area contributed by atoms with Gasteiger partial charge in [-0.2, -0.15) is 0 Å². The van der Waals surface area contributed by atoms with E-state index in [9.17, 15) is 9.59 Å². The fourth-order valence-electron chi connectivity index (χ4n) is 2.33. The Bertz CT molecular complexity index is 537. The molecule has 1 atom stereocenters. The van der Waals surface area contributed by atoms with Crippen molar-refractivity contribution in [3.63, 3.8) is 0 Å². The number of nitrogens with zero attached hydrogens (tertiary/aromatic N) is 1. The van der Waals surface area contributed by atoms with Crippen molar-refractivity contribution in [2.75, 3.05) is 11.4 Å². The number of benzene rings is 1. The molecule has 4 nitrogen and oxygen atoms in total. The van der Waals surface area contributed by atoms with E-state index in [1.165, 1.54) is 4.90 Å². The van der Waals surface area contributed by atoms with Gasteiger partial charge in [-0.3, -0.25) is 9.59 Å². The van der Waals surface area contributed by atoms with Crippen LogP contribution in [-0.4, -0.2) is 24.4 Å². The summed E-state index contributed by atoms with van der Waals surface area (Å²) in [6, 6.07) is 4.49. The molecule has 1 N–H and O–H groups in total. The molecule has 19 heavy (non-hydrogen) atoms. The molecule has 1 saturated carbocycles. The van der Waals surface area contributed by atoms with E-state index in [4.69, 9.17) is 23.2 Å². The van der Waals surface area contributed by atoms with Crippen molar-refractivity contribution in [3.8, 4) is 0 Å². The lowest BCUT2D eigenvalue weighted by Crippen LogP contribution is -2.59. The molecule has 0 aromatic heterocycles.